The molecule has 64 valence electrons. The summed E-state index contributed by atoms with van der Waals surface area (Å²) in [6.45, 7) is 3.93. The van der Waals surface area contributed by atoms with Crippen molar-refractivity contribution in [1.29, 1.82) is 0 Å². The molecule has 0 aliphatic heterocycles. The van der Waals surface area contributed by atoms with E-state index in [1.165, 1.54) is 6.33 Å². The van der Waals surface area contributed by atoms with Gasteiger partial charge in [0, 0.05) is 11.3 Å². The van der Waals surface area contributed by atoms with Gasteiger partial charge in [0.15, 0.2) is 0 Å². The van der Waals surface area contributed by atoms with Crippen LogP contribution in [0.25, 0.3) is 0 Å². The lowest BCUT2D eigenvalue weighted by atomic mass is 10.0. The van der Waals surface area contributed by atoms with Gasteiger partial charge in [0.1, 0.15) is 12.5 Å². The van der Waals surface area contributed by atoms with Crippen molar-refractivity contribution in [3.8, 4) is 0 Å². The van der Waals surface area contributed by atoms with Gasteiger partial charge in [0.2, 0.25) is 0 Å². The first-order valence-electron chi connectivity index (χ1n) is 4.15. The smallest absolute Gasteiger partial charge is 0.143 e. The van der Waals surface area contributed by atoms with E-state index < -0.39 is 6.17 Å². The second-order valence-corrected chi connectivity index (χ2v) is 3.36. The van der Waals surface area contributed by atoms with Gasteiger partial charge >= 0.3 is 0 Å². The van der Waals surface area contributed by atoms with E-state index in [-0.39, 0.29) is 5.92 Å². The van der Waals surface area contributed by atoms with Gasteiger partial charge in [-0.2, -0.15) is 0 Å². The second kappa shape index (κ2) is 2.51. The van der Waals surface area contributed by atoms with Crippen LogP contribution in [0.5, 0.6) is 0 Å². The molecule has 2 rings (SSSR count). The summed E-state index contributed by atoms with van der Waals surface area (Å²) < 4.78 is 13.3. The molecule has 2 nitrogen and oxygen atoms in total. The molecular weight excluding hydrogens is 155 g/mol. The zero-order valence-corrected chi connectivity index (χ0v) is 7.21. The third kappa shape index (κ3) is 0.924. The van der Waals surface area contributed by atoms with Crippen molar-refractivity contribution < 1.29 is 4.39 Å². The highest BCUT2D eigenvalue weighted by Crippen LogP contribution is 2.41. The topological polar surface area (TPSA) is 25.8 Å². The lowest BCUT2D eigenvalue weighted by molar-refractivity contribution is 0.326. The predicted octanol–water partition coefficient (Wildman–Crippen LogP) is 2.30. The summed E-state index contributed by atoms with van der Waals surface area (Å²) in [5.74, 6) is 0.274. The molecule has 0 N–H and O–H groups in total. The first-order valence-corrected chi connectivity index (χ1v) is 4.15. The molecule has 0 aromatic carbocycles. The molecule has 0 radical (unpaired) electrons. The number of alkyl halides is 1. The summed E-state index contributed by atoms with van der Waals surface area (Å²) in [5.41, 5.74) is 2.55. The zero-order chi connectivity index (χ0) is 8.72. The summed E-state index contributed by atoms with van der Waals surface area (Å²) in [6, 6.07) is 0. The van der Waals surface area contributed by atoms with Crippen LogP contribution in [0.4, 0.5) is 4.39 Å². The van der Waals surface area contributed by atoms with Crippen LogP contribution < -0.4 is 0 Å². The van der Waals surface area contributed by atoms with Crippen molar-refractivity contribution >= 4 is 0 Å². The predicted molar refractivity (Wildman–Crippen MR) is 43.7 cm³/mol. The van der Waals surface area contributed by atoms with Gasteiger partial charge in [0.25, 0.3) is 0 Å². The molecule has 3 heteroatoms. The monoisotopic (exact) mass is 166 g/mol. The van der Waals surface area contributed by atoms with Crippen molar-refractivity contribution in [3.63, 3.8) is 0 Å². The summed E-state index contributed by atoms with van der Waals surface area (Å²) >= 11 is 0. The fourth-order valence-electron chi connectivity index (χ4n) is 1.90. The van der Waals surface area contributed by atoms with Crippen LogP contribution in [0.2, 0.25) is 0 Å². The Balaban J connectivity index is 2.59. The molecule has 0 amide bonds. The van der Waals surface area contributed by atoms with Crippen LogP contribution in [0.15, 0.2) is 6.33 Å². The quantitative estimate of drug-likeness (QED) is 0.591. The van der Waals surface area contributed by atoms with E-state index in [2.05, 4.69) is 9.97 Å². The minimum absolute atomic E-state index is 0.274. The van der Waals surface area contributed by atoms with Crippen LogP contribution in [-0.2, 0) is 0 Å². The van der Waals surface area contributed by atoms with E-state index in [0.29, 0.717) is 12.1 Å². The number of hydrogen-bond donors (Lipinski definition) is 0. The number of aryl methyl sites for hydroxylation is 1. The minimum atomic E-state index is -0.878. The molecule has 1 aliphatic rings. The normalized spacial score (nSPS) is 27.2. The zero-order valence-electron chi connectivity index (χ0n) is 7.21. The Hall–Kier alpha value is -0.990. The molecular formula is C9H11FN2. The molecule has 0 unspecified atom stereocenters. The second-order valence-electron chi connectivity index (χ2n) is 3.36. The Morgan fingerprint density at radius 1 is 1.50 bits per heavy atom. The molecule has 12 heavy (non-hydrogen) atoms. The van der Waals surface area contributed by atoms with Gasteiger partial charge in [-0.15, -0.1) is 0 Å². The maximum absolute atomic E-state index is 13.3. The van der Waals surface area contributed by atoms with Crippen LogP contribution in [0.1, 0.15) is 42.4 Å². The van der Waals surface area contributed by atoms with Crippen molar-refractivity contribution in [1.82, 2.24) is 9.97 Å². The Bertz CT molecular complexity index is 311. The van der Waals surface area contributed by atoms with E-state index in [4.69, 9.17) is 0 Å². The summed E-state index contributed by atoms with van der Waals surface area (Å²) in [4.78, 5) is 8.02. The van der Waals surface area contributed by atoms with Gasteiger partial charge in [-0.25, -0.2) is 14.4 Å². The fraction of sp³-hybridized carbons (Fsp3) is 0.556. The molecule has 0 bridgehead atoms. The average Bonchev–Trinajstić information content (AvgIpc) is 2.29. The molecule has 0 saturated heterocycles. The Labute approximate surface area is 70.9 Å². The Kier molecular flexibility index (Phi) is 1.60. The highest BCUT2D eigenvalue weighted by molar-refractivity contribution is 5.33. The summed E-state index contributed by atoms with van der Waals surface area (Å²) in [7, 11) is 0. The highest BCUT2D eigenvalue weighted by atomic mass is 19.1. The molecule has 0 spiro atoms. The standard InChI is InChI=1S/C9H11FN2/c1-5-3-7(10)9-8(5)6(2)11-4-12-9/h4-5,7H,3H2,1-2H3/t5-,7+/m0/s1. The maximum Gasteiger partial charge on any atom is 0.143 e. The summed E-state index contributed by atoms with van der Waals surface area (Å²) in [5, 5.41) is 0. The lowest BCUT2D eigenvalue weighted by Crippen LogP contribution is -1.97. The first kappa shape index (κ1) is 7.65. The lowest BCUT2D eigenvalue weighted by Gasteiger charge is -2.04. The largest absolute Gasteiger partial charge is 0.241 e. The van der Waals surface area contributed by atoms with Gasteiger partial charge in [-0.05, 0) is 19.3 Å². The molecule has 1 aromatic heterocycles. The SMILES string of the molecule is Cc1ncnc2c1[C@@H](C)C[C@H]2F. The van der Waals surface area contributed by atoms with Crippen LogP contribution in [-0.4, -0.2) is 9.97 Å². The third-order valence-corrected chi connectivity index (χ3v) is 2.46. The molecule has 0 saturated carbocycles. The van der Waals surface area contributed by atoms with E-state index in [9.17, 15) is 4.39 Å². The number of halogens is 1. The number of hydrogen-bond acceptors (Lipinski definition) is 2. The minimum Gasteiger partial charge on any atom is -0.241 e. The van der Waals surface area contributed by atoms with Crippen molar-refractivity contribution in [2.75, 3.05) is 0 Å². The van der Waals surface area contributed by atoms with Gasteiger partial charge < -0.3 is 0 Å². The van der Waals surface area contributed by atoms with E-state index >= 15 is 0 Å². The van der Waals surface area contributed by atoms with Gasteiger partial charge in [-0.3, -0.25) is 0 Å². The Morgan fingerprint density at radius 3 is 2.92 bits per heavy atom. The molecule has 1 aromatic rings. The number of rotatable bonds is 0. The molecule has 1 heterocycles. The summed E-state index contributed by atoms with van der Waals surface area (Å²) in [6.07, 6.45) is 1.13. The number of aromatic nitrogens is 2. The Morgan fingerprint density at radius 2 is 2.25 bits per heavy atom. The fourth-order valence-corrected chi connectivity index (χ4v) is 1.90. The van der Waals surface area contributed by atoms with Crippen LogP contribution >= 0.6 is 0 Å². The molecule has 2 atom stereocenters. The third-order valence-electron chi connectivity index (χ3n) is 2.46. The van der Waals surface area contributed by atoms with Gasteiger partial charge in [0.05, 0.1) is 5.69 Å². The van der Waals surface area contributed by atoms with Crippen molar-refractivity contribution in [2.45, 2.75) is 32.4 Å². The first-order chi connectivity index (χ1) is 5.70. The van der Waals surface area contributed by atoms with Crippen LogP contribution in [0, 0.1) is 6.92 Å². The highest BCUT2D eigenvalue weighted by Gasteiger charge is 2.30. The van der Waals surface area contributed by atoms with Gasteiger partial charge in [-0.1, -0.05) is 6.92 Å². The average molecular weight is 166 g/mol. The molecule has 0 fully saturated rings. The number of nitrogens with zero attached hydrogens (tertiary/aromatic N) is 2. The van der Waals surface area contributed by atoms with Crippen LogP contribution in [0.3, 0.4) is 0 Å². The number of fused-ring (bicyclic) bond motifs is 1. The van der Waals surface area contributed by atoms with Crippen molar-refractivity contribution in [2.24, 2.45) is 0 Å². The van der Waals surface area contributed by atoms with E-state index in [1.54, 1.807) is 0 Å². The van der Waals surface area contributed by atoms with Crippen molar-refractivity contribution in [3.05, 3.63) is 23.3 Å². The molecule has 1 aliphatic carbocycles. The maximum atomic E-state index is 13.3. The van der Waals surface area contributed by atoms with E-state index in [0.717, 1.165) is 11.3 Å². The van der Waals surface area contributed by atoms with E-state index in [1.807, 2.05) is 13.8 Å².